The van der Waals surface area contributed by atoms with Crippen LogP contribution in [0.2, 0.25) is 0 Å². The number of nitrogens with zero attached hydrogens (tertiary/aromatic N) is 2. The van der Waals surface area contributed by atoms with Crippen LogP contribution in [0.25, 0.3) is 66.1 Å². The van der Waals surface area contributed by atoms with Crippen molar-refractivity contribution >= 4 is 43.6 Å². The Kier molecular flexibility index (Phi) is 5.75. The van der Waals surface area contributed by atoms with Crippen LogP contribution in [0.5, 0.6) is 0 Å². The van der Waals surface area contributed by atoms with E-state index in [9.17, 15) is 0 Å². The van der Waals surface area contributed by atoms with E-state index in [2.05, 4.69) is 170 Å². The van der Waals surface area contributed by atoms with Gasteiger partial charge in [0.1, 0.15) is 0 Å². The van der Waals surface area contributed by atoms with Gasteiger partial charge >= 0.3 is 0 Å². The molecule has 0 bridgehead atoms. The fourth-order valence-electron chi connectivity index (χ4n) is 8.15. The highest BCUT2D eigenvalue weighted by atomic mass is 15.0. The first kappa shape index (κ1) is 27.2. The number of hydrogen-bond acceptors (Lipinski definition) is 0. The molecule has 0 saturated heterocycles. The third-order valence-corrected chi connectivity index (χ3v) is 10.8. The highest BCUT2D eigenvalue weighted by Gasteiger charge is 2.38. The zero-order valence-corrected chi connectivity index (χ0v) is 27.0. The molecule has 2 nitrogen and oxygen atoms in total. The monoisotopic (exact) mass is 594 g/mol. The Hall–Kier alpha value is -5.08. The molecule has 0 radical (unpaired) electrons. The second kappa shape index (κ2) is 9.71. The van der Waals surface area contributed by atoms with E-state index in [-0.39, 0.29) is 10.8 Å². The molecule has 8 aromatic rings. The van der Waals surface area contributed by atoms with Gasteiger partial charge in [-0.1, -0.05) is 119 Å². The molecule has 0 N–H and O–H groups in total. The van der Waals surface area contributed by atoms with E-state index in [1.54, 1.807) is 0 Å². The molecule has 2 aromatic heterocycles. The molecule has 0 saturated carbocycles. The van der Waals surface area contributed by atoms with Crippen LogP contribution in [0.1, 0.15) is 51.7 Å². The zero-order chi connectivity index (χ0) is 31.2. The molecule has 1 aliphatic rings. The lowest BCUT2D eigenvalue weighted by Crippen LogP contribution is -2.33. The fraction of sp³-hybridized carbons (Fsp3) is 0.182. The van der Waals surface area contributed by atoms with Gasteiger partial charge in [-0.2, -0.15) is 0 Å². The smallest absolute Gasteiger partial charge is 0.0788 e. The van der Waals surface area contributed by atoms with Gasteiger partial charge in [0.15, 0.2) is 0 Å². The molecule has 2 heteroatoms. The van der Waals surface area contributed by atoms with Crippen molar-refractivity contribution in [2.24, 2.45) is 0 Å². The van der Waals surface area contributed by atoms with Crippen molar-refractivity contribution in [1.82, 2.24) is 9.13 Å². The Morgan fingerprint density at radius 1 is 0.413 bits per heavy atom. The molecule has 0 amide bonds. The third kappa shape index (κ3) is 3.89. The average Bonchev–Trinajstić information content (AvgIpc) is 3.60. The highest BCUT2D eigenvalue weighted by molar-refractivity contribution is 6.24. The molecular weight excluding hydrogens is 556 g/mol. The molecule has 0 spiro atoms. The third-order valence-electron chi connectivity index (χ3n) is 10.8. The molecule has 0 unspecified atom stereocenters. The first-order valence-corrected chi connectivity index (χ1v) is 16.6. The Morgan fingerprint density at radius 2 is 0.913 bits per heavy atom. The van der Waals surface area contributed by atoms with Gasteiger partial charge in [0.25, 0.3) is 0 Å². The van der Waals surface area contributed by atoms with Gasteiger partial charge in [-0.05, 0) is 88.4 Å². The molecule has 0 fully saturated rings. The Morgan fingerprint density at radius 3 is 1.59 bits per heavy atom. The predicted molar refractivity (Wildman–Crippen MR) is 196 cm³/mol. The maximum Gasteiger partial charge on any atom is 0.0788 e. The van der Waals surface area contributed by atoms with E-state index in [0.29, 0.717) is 0 Å². The number of rotatable bonds is 3. The maximum atomic E-state index is 2.54. The predicted octanol–water partition coefficient (Wildman–Crippen LogP) is 11.9. The summed E-state index contributed by atoms with van der Waals surface area (Å²) in [5.74, 6) is 0. The Labute approximate surface area is 270 Å². The number of hydrogen-bond donors (Lipinski definition) is 0. The zero-order valence-electron chi connectivity index (χ0n) is 27.0. The molecule has 224 valence electrons. The number of benzene rings is 6. The van der Waals surface area contributed by atoms with Crippen LogP contribution >= 0.6 is 0 Å². The first-order chi connectivity index (χ1) is 22.3. The summed E-state index contributed by atoms with van der Waals surface area (Å²) in [5.41, 5.74) is 13.1. The Balaban J connectivity index is 1.44. The minimum absolute atomic E-state index is 0.127. The average molecular weight is 595 g/mol. The molecule has 46 heavy (non-hydrogen) atoms. The van der Waals surface area contributed by atoms with E-state index in [1.165, 1.54) is 90.1 Å². The van der Waals surface area contributed by atoms with E-state index in [4.69, 9.17) is 0 Å². The SMILES string of the molecule is CC1(C)CCC(C)(C)c2cc3c(cc21)c1ccc2c4ccccc4n(-c4ccc(-c5ccccc5)cc4)c2c1n3-c1ccccc1. The van der Waals surface area contributed by atoms with Gasteiger partial charge in [-0.3, -0.25) is 0 Å². The standard InChI is InChI=1S/C44H38N2/c1-43(2)25-26-44(3,4)38-28-40-36(27-37(38)43)35-24-23-34-33-17-11-12-18-39(33)45(41(34)42(35)46(40)31-15-9-6-10-16-31)32-21-19-30(20-22-32)29-13-7-5-8-14-29/h5-24,27-28H,25-26H2,1-4H3. The van der Waals surface area contributed by atoms with Crippen molar-refractivity contribution in [3.05, 3.63) is 145 Å². The molecule has 6 aromatic carbocycles. The van der Waals surface area contributed by atoms with E-state index in [1.807, 2.05) is 0 Å². The van der Waals surface area contributed by atoms with Crippen molar-refractivity contribution in [1.29, 1.82) is 0 Å². The van der Waals surface area contributed by atoms with Crippen LogP contribution in [0.15, 0.2) is 133 Å². The van der Waals surface area contributed by atoms with Gasteiger partial charge in [0.2, 0.25) is 0 Å². The summed E-state index contributed by atoms with van der Waals surface area (Å²) in [7, 11) is 0. The van der Waals surface area contributed by atoms with E-state index >= 15 is 0 Å². The fourth-order valence-corrected chi connectivity index (χ4v) is 8.15. The van der Waals surface area contributed by atoms with Crippen molar-refractivity contribution in [2.45, 2.75) is 51.4 Å². The van der Waals surface area contributed by atoms with Crippen LogP contribution in [-0.2, 0) is 10.8 Å². The second-order valence-corrected chi connectivity index (χ2v) is 14.5. The summed E-state index contributed by atoms with van der Waals surface area (Å²) in [4.78, 5) is 0. The summed E-state index contributed by atoms with van der Waals surface area (Å²) >= 11 is 0. The van der Waals surface area contributed by atoms with Gasteiger partial charge in [0, 0.05) is 32.9 Å². The van der Waals surface area contributed by atoms with Gasteiger partial charge < -0.3 is 9.13 Å². The van der Waals surface area contributed by atoms with Crippen molar-refractivity contribution in [2.75, 3.05) is 0 Å². The number of para-hydroxylation sites is 2. The van der Waals surface area contributed by atoms with Crippen LogP contribution < -0.4 is 0 Å². The molecular formula is C44H38N2. The summed E-state index contributed by atoms with van der Waals surface area (Å²) < 4.78 is 5.03. The molecule has 1 aliphatic carbocycles. The molecule has 9 rings (SSSR count). The minimum atomic E-state index is 0.127. The van der Waals surface area contributed by atoms with Crippen molar-refractivity contribution in [3.63, 3.8) is 0 Å². The lowest BCUT2D eigenvalue weighted by atomic mass is 9.63. The Bertz CT molecular complexity index is 2440. The number of fused-ring (bicyclic) bond motifs is 8. The van der Waals surface area contributed by atoms with Crippen LogP contribution in [0, 0.1) is 0 Å². The first-order valence-electron chi connectivity index (χ1n) is 16.6. The summed E-state index contributed by atoms with van der Waals surface area (Å²) in [5, 5.41) is 5.19. The van der Waals surface area contributed by atoms with Crippen LogP contribution in [0.4, 0.5) is 0 Å². The normalized spacial score (nSPS) is 15.6. The second-order valence-electron chi connectivity index (χ2n) is 14.5. The largest absolute Gasteiger partial charge is 0.307 e. The summed E-state index contributed by atoms with van der Waals surface area (Å²) in [6.45, 7) is 9.71. The van der Waals surface area contributed by atoms with Crippen LogP contribution in [0.3, 0.4) is 0 Å². The van der Waals surface area contributed by atoms with Gasteiger partial charge in [-0.15, -0.1) is 0 Å². The topological polar surface area (TPSA) is 9.86 Å². The summed E-state index contributed by atoms with van der Waals surface area (Å²) in [6.07, 6.45) is 2.40. The number of aromatic nitrogens is 2. The van der Waals surface area contributed by atoms with Crippen LogP contribution in [-0.4, -0.2) is 9.13 Å². The van der Waals surface area contributed by atoms with E-state index in [0.717, 1.165) is 0 Å². The lowest BCUT2D eigenvalue weighted by Gasteiger charge is -2.42. The highest BCUT2D eigenvalue weighted by Crippen LogP contribution is 2.49. The van der Waals surface area contributed by atoms with Crippen molar-refractivity contribution in [3.8, 4) is 22.5 Å². The van der Waals surface area contributed by atoms with Gasteiger partial charge in [-0.25, -0.2) is 0 Å². The van der Waals surface area contributed by atoms with E-state index < -0.39 is 0 Å². The summed E-state index contributed by atoms with van der Waals surface area (Å²) in [6, 6.07) is 49.4. The quantitative estimate of drug-likeness (QED) is 0.193. The molecule has 0 atom stereocenters. The van der Waals surface area contributed by atoms with Crippen molar-refractivity contribution < 1.29 is 0 Å². The maximum absolute atomic E-state index is 2.54. The minimum Gasteiger partial charge on any atom is -0.307 e. The van der Waals surface area contributed by atoms with Gasteiger partial charge in [0.05, 0.1) is 22.1 Å². The molecule has 0 aliphatic heterocycles. The molecule has 2 heterocycles. The lowest BCUT2D eigenvalue weighted by molar-refractivity contribution is 0.332.